The molecular formula is C12H16O3S. The Morgan fingerprint density at radius 2 is 1.94 bits per heavy atom. The Labute approximate surface area is 98.0 Å². The van der Waals surface area contributed by atoms with E-state index in [0.717, 1.165) is 0 Å². The molecule has 0 spiro atoms. The van der Waals surface area contributed by atoms with Crippen molar-refractivity contribution in [1.29, 1.82) is 0 Å². The van der Waals surface area contributed by atoms with Gasteiger partial charge in [-0.05, 0) is 12.0 Å². The first kappa shape index (κ1) is 12.9. The molecule has 0 aliphatic heterocycles. The molecule has 3 unspecified atom stereocenters. The minimum absolute atomic E-state index is 0.110. The molecule has 0 aliphatic rings. The molecule has 0 radical (unpaired) electrons. The van der Waals surface area contributed by atoms with Gasteiger partial charge in [-0.3, -0.25) is 9.00 Å². The molecule has 0 saturated heterocycles. The van der Waals surface area contributed by atoms with Crippen LogP contribution in [0.4, 0.5) is 0 Å². The van der Waals surface area contributed by atoms with Gasteiger partial charge in [-0.1, -0.05) is 44.2 Å². The van der Waals surface area contributed by atoms with Gasteiger partial charge >= 0.3 is 5.97 Å². The quantitative estimate of drug-likeness (QED) is 0.859. The number of carboxylic acid groups (broad SMARTS) is 1. The van der Waals surface area contributed by atoms with E-state index in [2.05, 4.69) is 0 Å². The van der Waals surface area contributed by atoms with Crippen LogP contribution in [0.5, 0.6) is 0 Å². The van der Waals surface area contributed by atoms with Gasteiger partial charge in [0.1, 0.15) is 0 Å². The van der Waals surface area contributed by atoms with Crippen LogP contribution in [0.3, 0.4) is 0 Å². The van der Waals surface area contributed by atoms with Crippen LogP contribution in [0.1, 0.15) is 31.1 Å². The monoisotopic (exact) mass is 240 g/mol. The zero-order chi connectivity index (χ0) is 12.1. The molecule has 1 aromatic rings. The zero-order valence-electron chi connectivity index (χ0n) is 9.42. The normalized spacial score (nSPS) is 16.4. The van der Waals surface area contributed by atoms with E-state index < -0.39 is 22.0 Å². The molecule has 0 amide bonds. The molecule has 0 bridgehead atoms. The molecule has 0 aliphatic carbocycles. The number of carboxylic acids is 1. The number of hydrogen-bond acceptors (Lipinski definition) is 2. The van der Waals surface area contributed by atoms with Gasteiger partial charge in [0.2, 0.25) is 0 Å². The van der Waals surface area contributed by atoms with Crippen molar-refractivity contribution in [3.63, 3.8) is 0 Å². The van der Waals surface area contributed by atoms with E-state index in [1.807, 2.05) is 19.9 Å². The van der Waals surface area contributed by atoms with E-state index in [1.165, 1.54) is 0 Å². The summed E-state index contributed by atoms with van der Waals surface area (Å²) in [6.07, 6.45) is 0.712. The maximum atomic E-state index is 12.0. The number of aliphatic carboxylic acids is 1. The summed E-state index contributed by atoms with van der Waals surface area (Å²) >= 11 is 0. The minimum atomic E-state index is -1.38. The summed E-state index contributed by atoms with van der Waals surface area (Å²) in [6.45, 7) is 3.72. The third-order valence-electron chi connectivity index (χ3n) is 2.53. The Bertz CT molecular complexity index is 375. The van der Waals surface area contributed by atoms with Gasteiger partial charge in [0, 0.05) is 16.0 Å². The molecular weight excluding hydrogens is 224 g/mol. The molecule has 1 rings (SSSR count). The molecule has 88 valence electrons. The third kappa shape index (κ3) is 2.92. The number of benzene rings is 1. The Morgan fingerprint density at radius 1 is 1.38 bits per heavy atom. The van der Waals surface area contributed by atoms with Crippen molar-refractivity contribution in [2.75, 3.05) is 0 Å². The lowest BCUT2D eigenvalue weighted by Crippen LogP contribution is -2.23. The summed E-state index contributed by atoms with van der Waals surface area (Å²) in [5, 5.41) is 8.12. The van der Waals surface area contributed by atoms with Crippen LogP contribution in [-0.4, -0.2) is 20.5 Å². The minimum Gasteiger partial charge on any atom is -0.480 e. The van der Waals surface area contributed by atoms with E-state index in [4.69, 9.17) is 5.11 Å². The van der Waals surface area contributed by atoms with Crippen LogP contribution in [0.25, 0.3) is 0 Å². The number of rotatable bonds is 5. The first-order valence-electron chi connectivity index (χ1n) is 5.25. The van der Waals surface area contributed by atoms with Crippen molar-refractivity contribution in [3.05, 3.63) is 35.9 Å². The van der Waals surface area contributed by atoms with Crippen molar-refractivity contribution in [3.8, 4) is 0 Å². The maximum absolute atomic E-state index is 12.0. The van der Waals surface area contributed by atoms with E-state index in [-0.39, 0.29) is 5.25 Å². The highest BCUT2D eigenvalue weighted by Crippen LogP contribution is 2.23. The second-order valence-corrected chi connectivity index (χ2v) is 5.61. The molecule has 1 aromatic carbocycles. The van der Waals surface area contributed by atoms with E-state index in [1.54, 1.807) is 24.3 Å². The molecule has 0 aromatic heterocycles. The maximum Gasteiger partial charge on any atom is 0.323 e. The molecule has 3 nitrogen and oxygen atoms in total. The highest BCUT2D eigenvalue weighted by atomic mass is 32.2. The highest BCUT2D eigenvalue weighted by molar-refractivity contribution is 7.86. The van der Waals surface area contributed by atoms with Crippen LogP contribution in [0.15, 0.2) is 30.3 Å². The second kappa shape index (κ2) is 5.80. The summed E-state index contributed by atoms with van der Waals surface area (Å²) in [6, 6.07) is 8.75. The highest BCUT2D eigenvalue weighted by Gasteiger charge is 2.29. The molecule has 4 heteroatoms. The Morgan fingerprint density at radius 3 is 2.38 bits per heavy atom. The van der Waals surface area contributed by atoms with Crippen molar-refractivity contribution < 1.29 is 14.1 Å². The Kier molecular flexibility index (Phi) is 4.68. The molecule has 0 fully saturated rings. The van der Waals surface area contributed by atoms with Crippen LogP contribution < -0.4 is 0 Å². The van der Waals surface area contributed by atoms with Crippen LogP contribution in [-0.2, 0) is 15.6 Å². The second-order valence-electron chi connectivity index (χ2n) is 3.68. The van der Waals surface area contributed by atoms with Gasteiger partial charge < -0.3 is 5.11 Å². The summed E-state index contributed by atoms with van der Waals surface area (Å²) in [5.74, 6) is -1.02. The average Bonchev–Trinajstić information content (AvgIpc) is 2.29. The van der Waals surface area contributed by atoms with E-state index in [9.17, 15) is 9.00 Å². The predicted molar refractivity (Wildman–Crippen MR) is 64.7 cm³/mol. The molecule has 16 heavy (non-hydrogen) atoms. The molecule has 3 atom stereocenters. The molecule has 1 N–H and O–H groups in total. The summed E-state index contributed by atoms with van der Waals surface area (Å²) in [4.78, 5) is 11.2. The number of carbonyl (C=O) groups is 1. The molecule has 0 heterocycles. The lowest BCUT2D eigenvalue weighted by Gasteiger charge is -2.16. The van der Waals surface area contributed by atoms with Gasteiger partial charge in [-0.15, -0.1) is 0 Å². The SMILES string of the molecule is CCC(C)S(=O)C(C(=O)O)c1ccccc1. The van der Waals surface area contributed by atoms with Crippen molar-refractivity contribution >= 4 is 16.8 Å². The number of hydrogen-bond donors (Lipinski definition) is 1. The lowest BCUT2D eigenvalue weighted by molar-refractivity contribution is -0.136. The van der Waals surface area contributed by atoms with Gasteiger partial charge in [0.25, 0.3) is 0 Å². The summed E-state index contributed by atoms with van der Waals surface area (Å²) in [5.41, 5.74) is 0.605. The van der Waals surface area contributed by atoms with Gasteiger partial charge in [-0.25, -0.2) is 0 Å². The zero-order valence-corrected chi connectivity index (χ0v) is 10.2. The summed E-state index contributed by atoms with van der Waals surface area (Å²) in [7, 11) is -1.38. The average molecular weight is 240 g/mol. The summed E-state index contributed by atoms with van der Waals surface area (Å²) < 4.78 is 12.0. The van der Waals surface area contributed by atoms with Gasteiger partial charge in [0.15, 0.2) is 5.25 Å². The van der Waals surface area contributed by atoms with Crippen LogP contribution >= 0.6 is 0 Å². The lowest BCUT2D eigenvalue weighted by atomic mass is 10.1. The van der Waals surface area contributed by atoms with Crippen molar-refractivity contribution in [1.82, 2.24) is 0 Å². The standard InChI is InChI=1S/C12H16O3S/c1-3-9(2)16(15)11(12(13)14)10-7-5-4-6-8-10/h4-9,11H,3H2,1-2H3,(H,13,14). The first-order valence-corrected chi connectivity index (χ1v) is 6.52. The van der Waals surface area contributed by atoms with Gasteiger partial charge in [-0.2, -0.15) is 0 Å². The fourth-order valence-corrected chi connectivity index (χ4v) is 2.82. The fourth-order valence-electron chi connectivity index (χ4n) is 1.40. The van der Waals surface area contributed by atoms with Crippen LogP contribution in [0, 0.1) is 0 Å². The first-order chi connectivity index (χ1) is 7.57. The predicted octanol–water partition coefficient (Wildman–Crippen LogP) is 2.36. The van der Waals surface area contributed by atoms with Gasteiger partial charge in [0.05, 0.1) is 0 Å². The van der Waals surface area contributed by atoms with Crippen molar-refractivity contribution in [2.24, 2.45) is 0 Å². The van der Waals surface area contributed by atoms with E-state index in [0.29, 0.717) is 12.0 Å². The fraction of sp³-hybridized carbons (Fsp3) is 0.417. The Hall–Kier alpha value is -1.16. The third-order valence-corrected chi connectivity index (χ3v) is 4.60. The van der Waals surface area contributed by atoms with Crippen LogP contribution in [0.2, 0.25) is 0 Å². The Balaban J connectivity index is 3.02. The molecule has 0 saturated carbocycles. The topological polar surface area (TPSA) is 54.4 Å². The smallest absolute Gasteiger partial charge is 0.323 e. The van der Waals surface area contributed by atoms with E-state index >= 15 is 0 Å². The van der Waals surface area contributed by atoms with Crippen molar-refractivity contribution in [2.45, 2.75) is 30.8 Å². The largest absolute Gasteiger partial charge is 0.480 e.